The predicted molar refractivity (Wildman–Crippen MR) is 86.1 cm³/mol. The van der Waals surface area contributed by atoms with Crippen molar-refractivity contribution < 1.29 is 14.3 Å². The maximum Gasteiger partial charge on any atom is 0.410 e. The number of amides is 2. The molecule has 1 fully saturated rings. The summed E-state index contributed by atoms with van der Waals surface area (Å²) >= 11 is 0. The second kappa shape index (κ2) is 6.38. The minimum Gasteiger partial charge on any atom is -0.447 e. The van der Waals surface area contributed by atoms with Gasteiger partial charge >= 0.3 is 6.09 Å². The number of para-hydroxylation sites is 1. The zero-order valence-corrected chi connectivity index (χ0v) is 13.8. The smallest absolute Gasteiger partial charge is 0.410 e. The molecule has 1 aromatic rings. The molecule has 120 valence electrons. The van der Waals surface area contributed by atoms with E-state index in [1.807, 2.05) is 18.2 Å². The van der Waals surface area contributed by atoms with E-state index < -0.39 is 12.1 Å². The van der Waals surface area contributed by atoms with E-state index in [0.717, 1.165) is 16.8 Å². The highest BCUT2D eigenvalue weighted by Gasteiger charge is 2.35. The first-order valence-corrected chi connectivity index (χ1v) is 7.66. The van der Waals surface area contributed by atoms with Gasteiger partial charge in [0.15, 0.2) is 0 Å². The van der Waals surface area contributed by atoms with Crippen molar-refractivity contribution in [2.24, 2.45) is 0 Å². The Morgan fingerprint density at radius 1 is 1.23 bits per heavy atom. The van der Waals surface area contributed by atoms with Gasteiger partial charge in [-0.2, -0.15) is 0 Å². The zero-order valence-electron chi connectivity index (χ0n) is 13.8. The fraction of sp³-hybridized carbons (Fsp3) is 0.529. The molecule has 1 saturated heterocycles. The lowest BCUT2D eigenvalue weighted by Gasteiger charge is -2.22. The van der Waals surface area contributed by atoms with Crippen LogP contribution in [0.5, 0.6) is 0 Å². The molecule has 1 atom stereocenters. The lowest BCUT2D eigenvalue weighted by atomic mass is 9.92. The van der Waals surface area contributed by atoms with Crippen molar-refractivity contribution >= 4 is 17.7 Å². The minimum absolute atomic E-state index is 0.0992. The molecule has 0 aliphatic carbocycles. The Labute approximate surface area is 131 Å². The quantitative estimate of drug-likeness (QED) is 0.928. The molecule has 0 bridgehead atoms. The molecule has 22 heavy (non-hydrogen) atoms. The van der Waals surface area contributed by atoms with Crippen LogP contribution in [0.25, 0.3) is 0 Å². The van der Waals surface area contributed by atoms with Gasteiger partial charge in [-0.05, 0) is 23.0 Å². The molecule has 1 unspecified atom stereocenters. The number of benzene rings is 1. The SMILES string of the molecule is CC(C)c1cccc(C(C)C)c1NC(=O)C1COC(=O)N1C. The lowest BCUT2D eigenvalue weighted by molar-refractivity contribution is -0.119. The first-order valence-electron chi connectivity index (χ1n) is 7.66. The molecule has 5 heteroatoms. The number of rotatable bonds is 4. The van der Waals surface area contributed by atoms with E-state index in [0.29, 0.717) is 11.8 Å². The molecule has 5 nitrogen and oxygen atoms in total. The fourth-order valence-electron chi connectivity index (χ4n) is 2.64. The number of anilines is 1. The number of likely N-dealkylation sites (N-methyl/N-ethyl adjacent to an activating group) is 1. The summed E-state index contributed by atoms with van der Waals surface area (Å²) in [5, 5.41) is 3.02. The number of nitrogens with zero attached hydrogens (tertiary/aromatic N) is 1. The van der Waals surface area contributed by atoms with Crippen LogP contribution in [0, 0.1) is 0 Å². The van der Waals surface area contributed by atoms with Gasteiger partial charge in [-0.25, -0.2) is 4.79 Å². The molecule has 1 heterocycles. The normalized spacial score (nSPS) is 18.0. The van der Waals surface area contributed by atoms with Gasteiger partial charge in [-0.15, -0.1) is 0 Å². The van der Waals surface area contributed by atoms with Crippen molar-refractivity contribution in [1.29, 1.82) is 0 Å². The highest BCUT2D eigenvalue weighted by molar-refractivity contribution is 5.99. The second-order valence-electron chi connectivity index (χ2n) is 6.31. The zero-order chi connectivity index (χ0) is 16.4. The highest BCUT2D eigenvalue weighted by Crippen LogP contribution is 2.32. The van der Waals surface area contributed by atoms with Gasteiger partial charge in [-0.1, -0.05) is 45.9 Å². The molecule has 0 aromatic heterocycles. The van der Waals surface area contributed by atoms with Crippen LogP contribution in [0.2, 0.25) is 0 Å². The van der Waals surface area contributed by atoms with Crippen LogP contribution in [0.1, 0.15) is 50.7 Å². The summed E-state index contributed by atoms with van der Waals surface area (Å²) in [6.07, 6.45) is -0.457. The summed E-state index contributed by atoms with van der Waals surface area (Å²) in [4.78, 5) is 25.3. The van der Waals surface area contributed by atoms with Crippen LogP contribution < -0.4 is 5.32 Å². The van der Waals surface area contributed by atoms with Crippen LogP contribution >= 0.6 is 0 Å². The number of hydrogen-bond acceptors (Lipinski definition) is 3. The third kappa shape index (κ3) is 3.08. The summed E-state index contributed by atoms with van der Waals surface area (Å²) in [5.41, 5.74) is 3.07. The number of cyclic esters (lactones) is 1. The molecule has 2 rings (SSSR count). The molecule has 1 aliphatic heterocycles. The highest BCUT2D eigenvalue weighted by atomic mass is 16.6. The number of ether oxygens (including phenoxy) is 1. The van der Waals surface area contributed by atoms with Crippen LogP contribution in [-0.2, 0) is 9.53 Å². The van der Waals surface area contributed by atoms with Crippen molar-refractivity contribution in [2.45, 2.75) is 45.6 Å². The van der Waals surface area contributed by atoms with Crippen LogP contribution in [0.15, 0.2) is 18.2 Å². The summed E-state index contributed by atoms with van der Waals surface area (Å²) in [6.45, 7) is 8.50. The van der Waals surface area contributed by atoms with E-state index in [-0.39, 0.29) is 12.5 Å². The molecular weight excluding hydrogens is 280 g/mol. The largest absolute Gasteiger partial charge is 0.447 e. The van der Waals surface area contributed by atoms with Gasteiger partial charge in [-0.3, -0.25) is 9.69 Å². The average Bonchev–Trinajstić information content (AvgIpc) is 2.78. The summed E-state index contributed by atoms with van der Waals surface area (Å²) in [5.74, 6) is 0.393. The van der Waals surface area contributed by atoms with Crippen molar-refractivity contribution in [2.75, 3.05) is 19.0 Å². The molecule has 0 radical (unpaired) electrons. The monoisotopic (exact) mass is 304 g/mol. The Bertz CT molecular complexity index is 555. The Hall–Kier alpha value is -2.04. The molecule has 1 aliphatic rings. The van der Waals surface area contributed by atoms with Gasteiger partial charge in [0.1, 0.15) is 12.6 Å². The molecule has 0 spiro atoms. The summed E-state index contributed by atoms with van der Waals surface area (Å²) in [6, 6.07) is 5.51. The van der Waals surface area contributed by atoms with Crippen LogP contribution in [-0.4, -0.2) is 36.6 Å². The lowest BCUT2D eigenvalue weighted by Crippen LogP contribution is -2.40. The Kier molecular flexibility index (Phi) is 4.74. The van der Waals surface area contributed by atoms with E-state index in [9.17, 15) is 9.59 Å². The molecule has 0 saturated carbocycles. The van der Waals surface area contributed by atoms with Crippen LogP contribution in [0.4, 0.5) is 10.5 Å². The van der Waals surface area contributed by atoms with E-state index in [2.05, 4.69) is 33.0 Å². The van der Waals surface area contributed by atoms with E-state index in [1.54, 1.807) is 7.05 Å². The third-order valence-corrected chi connectivity index (χ3v) is 4.04. The van der Waals surface area contributed by atoms with Gasteiger partial charge in [0, 0.05) is 12.7 Å². The van der Waals surface area contributed by atoms with Gasteiger partial charge in [0.25, 0.3) is 5.91 Å². The minimum atomic E-state index is -0.576. The summed E-state index contributed by atoms with van der Waals surface area (Å²) < 4.78 is 4.92. The first kappa shape index (κ1) is 16.3. The second-order valence-corrected chi connectivity index (χ2v) is 6.31. The predicted octanol–water partition coefficient (Wildman–Crippen LogP) is 3.32. The molecule has 1 aromatic carbocycles. The van der Waals surface area contributed by atoms with E-state index in [4.69, 9.17) is 4.74 Å². The number of carbonyl (C=O) groups excluding carboxylic acids is 2. The number of hydrogen-bond donors (Lipinski definition) is 1. The molecule has 1 N–H and O–H groups in total. The maximum atomic E-state index is 12.5. The third-order valence-electron chi connectivity index (χ3n) is 4.04. The summed E-state index contributed by atoms with van der Waals surface area (Å²) in [7, 11) is 1.58. The van der Waals surface area contributed by atoms with Gasteiger partial charge < -0.3 is 10.1 Å². The van der Waals surface area contributed by atoms with Crippen molar-refractivity contribution in [3.63, 3.8) is 0 Å². The van der Waals surface area contributed by atoms with Gasteiger partial charge in [0.05, 0.1) is 0 Å². The van der Waals surface area contributed by atoms with Gasteiger partial charge in [0.2, 0.25) is 0 Å². The van der Waals surface area contributed by atoms with Crippen molar-refractivity contribution in [3.8, 4) is 0 Å². The topological polar surface area (TPSA) is 58.6 Å². The molecular formula is C17H24N2O3. The Morgan fingerprint density at radius 3 is 2.18 bits per heavy atom. The fourth-order valence-corrected chi connectivity index (χ4v) is 2.64. The maximum absolute atomic E-state index is 12.5. The Balaban J connectivity index is 2.32. The van der Waals surface area contributed by atoms with E-state index >= 15 is 0 Å². The first-order chi connectivity index (χ1) is 10.3. The van der Waals surface area contributed by atoms with Crippen molar-refractivity contribution in [3.05, 3.63) is 29.3 Å². The van der Waals surface area contributed by atoms with Crippen molar-refractivity contribution in [1.82, 2.24) is 4.90 Å². The van der Waals surface area contributed by atoms with Crippen LogP contribution in [0.3, 0.4) is 0 Å². The Morgan fingerprint density at radius 2 is 1.77 bits per heavy atom. The average molecular weight is 304 g/mol. The molecule has 2 amide bonds. The number of nitrogens with one attached hydrogen (secondary N) is 1. The number of carbonyl (C=O) groups is 2. The standard InChI is InChI=1S/C17H24N2O3/c1-10(2)12-7-6-8-13(11(3)4)15(12)18-16(20)14-9-22-17(21)19(14)5/h6-8,10-11,14H,9H2,1-5H3,(H,18,20). The van der Waals surface area contributed by atoms with E-state index in [1.165, 1.54) is 4.90 Å².